The molecule has 0 N–H and O–H groups in total. The second kappa shape index (κ2) is 2.41. The van der Waals surface area contributed by atoms with Crippen LogP contribution in [0.15, 0.2) is 12.1 Å². The zero-order valence-corrected chi connectivity index (χ0v) is 7.67. The Balaban J connectivity index is 2.10. The maximum Gasteiger partial charge on any atom is 0.231 e. The number of hydrogen-bond donors (Lipinski definition) is 0. The molecule has 13 heavy (non-hydrogen) atoms. The minimum atomic E-state index is 0.383. The Morgan fingerprint density at radius 3 is 2.15 bits per heavy atom. The molecule has 2 heteroatoms. The van der Waals surface area contributed by atoms with Crippen LogP contribution in [-0.4, -0.2) is 6.79 Å². The summed E-state index contributed by atoms with van der Waals surface area (Å²) in [6.07, 6.45) is 2.37. The lowest BCUT2D eigenvalue weighted by atomic mass is 10.1. The molecule has 1 aliphatic carbocycles. The third-order valence-corrected chi connectivity index (χ3v) is 2.83. The molecule has 0 saturated heterocycles. The predicted molar refractivity (Wildman–Crippen MR) is 49.1 cm³/mol. The van der Waals surface area contributed by atoms with Crippen molar-refractivity contribution in [3.63, 3.8) is 0 Å². The van der Waals surface area contributed by atoms with Gasteiger partial charge in [0.25, 0.3) is 0 Å². The molecule has 2 aliphatic rings. The molecule has 0 fully saturated rings. The lowest BCUT2D eigenvalue weighted by Crippen LogP contribution is -1.93. The van der Waals surface area contributed by atoms with Gasteiger partial charge in [-0.3, -0.25) is 0 Å². The Morgan fingerprint density at radius 2 is 1.62 bits per heavy atom. The second-order valence-electron chi connectivity index (χ2n) is 3.99. The van der Waals surface area contributed by atoms with Crippen molar-refractivity contribution in [2.45, 2.75) is 19.8 Å². The van der Waals surface area contributed by atoms with Crippen molar-refractivity contribution in [2.75, 3.05) is 6.79 Å². The lowest BCUT2D eigenvalue weighted by molar-refractivity contribution is 0.174. The first kappa shape index (κ1) is 7.25. The molecule has 0 bridgehead atoms. The van der Waals surface area contributed by atoms with Gasteiger partial charge in [0.15, 0.2) is 11.5 Å². The fourth-order valence-electron chi connectivity index (χ4n) is 2.23. The van der Waals surface area contributed by atoms with E-state index in [1.165, 1.54) is 24.0 Å². The number of hydrogen-bond acceptors (Lipinski definition) is 2. The van der Waals surface area contributed by atoms with Crippen molar-refractivity contribution in [3.05, 3.63) is 23.3 Å². The Morgan fingerprint density at radius 1 is 1.08 bits per heavy atom. The molecule has 0 saturated carbocycles. The smallest absolute Gasteiger partial charge is 0.231 e. The molecular weight excluding hydrogens is 164 g/mol. The average Bonchev–Trinajstić information content (AvgIpc) is 2.63. The normalized spacial score (nSPS) is 19.2. The molecule has 1 aromatic rings. The number of ether oxygens (including phenoxy) is 2. The van der Waals surface area contributed by atoms with Crippen molar-refractivity contribution in [2.24, 2.45) is 5.92 Å². The standard InChI is InChI=1S/C11H12O2/c1-7-2-8-4-10-11(13-6-12-10)5-9(8)3-7/h4-5,7H,2-3,6H2,1H3. The van der Waals surface area contributed by atoms with Gasteiger partial charge in [-0.05, 0) is 42.0 Å². The fraction of sp³-hybridized carbons (Fsp3) is 0.455. The molecule has 1 aromatic carbocycles. The topological polar surface area (TPSA) is 18.5 Å². The van der Waals surface area contributed by atoms with Crippen LogP contribution in [0, 0.1) is 5.92 Å². The second-order valence-corrected chi connectivity index (χ2v) is 3.99. The Hall–Kier alpha value is -1.18. The quantitative estimate of drug-likeness (QED) is 0.603. The summed E-state index contributed by atoms with van der Waals surface area (Å²) in [6, 6.07) is 4.28. The van der Waals surface area contributed by atoms with Gasteiger partial charge in [-0.2, -0.15) is 0 Å². The van der Waals surface area contributed by atoms with E-state index in [9.17, 15) is 0 Å². The summed E-state index contributed by atoms with van der Waals surface area (Å²) < 4.78 is 10.7. The Bertz CT molecular complexity index is 324. The molecule has 1 aliphatic heterocycles. The van der Waals surface area contributed by atoms with E-state index in [4.69, 9.17) is 9.47 Å². The van der Waals surface area contributed by atoms with Gasteiger partial charge >= 0.3 is 0 Å². The molecule has 1 heterocycles. The van der Waals surface area contributed by atoms with Gasteiger partial charge in [0.2, 0.25) is 6.79 Å². The lowest BCUT2D eigenvalue weighted by Gasteiger charge is -2.00. The van der Waals surface area contributed by atoms with E-state index < -0.39 is 0 Å². The predicted octanol–water partition coefficient (Wildman–Crippen LogP) is 2.15. The van der Waals surface area contributed by atoms with Crippen molar-refractivity contribution >= 4 is 0 Å². The SMILES string of the molecule is CC1Cc2cc3c(cc2C1)OCO3. The molecule has 0 radical (unpaired) electrons. The van der Waals surface area contributed by atoms with E-state index in [-0.39, 0.29) is 0 Å². The first-order valence-electron chi connectivity index (χ1n) is 4.74. The summed E-state index contributed by atoms with van der Waals surface area (Å²) in [5.74, 6) is 2.62. The van der Waals surface area contributed by atoms with Gasteiger partial charge in [0.05, 0.1) is 0 Å². The monoisotopic (exact) mass is 176 g/mol. The maximum atomic E-state index is 5.34. The highest BCUT2D eigenvalue weighted by molar-refractivity contribution is 5.50. The maximum absolute atomic E-state index is 5.34. The number of fused-ring (bicyclic) bond motifs is 2. The molecule has 0 spiro atoms. The van der Waals surface area contributed by atoms with Gasteiger partial charge in [-0.25, -0.2) is 0 Å². The van der Waals surface area contributed by atoms with Crippen LogP contribution in [0.5, 0.6) is 11.5 Å². The Kier molecular flexibility index (Phi) is 1.34. The van der Waals surface area contributed by atoms with Crippen molar-refractivity contribution in [3.8, 4) is 11.5 Å². The minimum absolute atomic E-state index is 0.383. The third-order valence-electron chi connectivity index (χ3n) is 2.83. The van der Waals surface area contributed by atoms with Gasteiger partial charge in [0, 0.05) is 0 Å². The highest BCUT2D eigenvalue weighted by Crippen LogP contribution is 2.39. The molecule has 68 valence electrons. The van der Waals surface area contributed by atoms with Crippen LogP contribution in [0.2, 0.25) is 0 Å². The highest BCUT2D eigenvalue weighted by atomic mass is 16.7. The van der Waals surface area contributed by atoms with E-state index in [0.717, 1.165) is 17.4 Å². The summed E-state index contributed by atoms with van der Waals surface area (Å²) in [6.45, 7) is 2.67. The van der Waals surface area contributed by atoms with Crippen LogP contribution in [0.1, 0.15) is 18.1 Å². The van der Waals surface area contributed by atoms with Crippen LogP contribution in [0.25, 0.3) is 0 Å². The summed E-state index contributed by atoms with van der Waals surface area (Å²) in [7, 11) is 0. The van der Waals surface area contributed by atoms with Crippen LogP contribution < -0.4 is 9.47 Å². The van der Waals surface area contributed by atoms with Crippen LogP contribution in [-0.2, 0) is 12.8 Å². The van der Waals surface area contributed by atoms with E-state index >= 15 is 0 Å². The molecule has 0 atom stereocenters. The van der Waals surface area contributed by atoms with Gasteiger partial charge in [-0.15, -0.1) is 0 Å². The Labute approximate surface area is 77.5 Å². The van der Waals surface area contributed by atoms with Crippen molar-refractivity contribution in [1.82, 2.24) is 0 Å². The summed E-state index contributed by atoms with van der Waals surface area (Å²) in [4.78, 5) is 0. The van der Waals surface area contributed by atoms with Gasteiger partial charge in [-0.1, -0.05) is 6.92 Å². The first-order chi connectivity index (χ1) is 6.33. The van der Waals surface area contributed by atoms with E-state index in [1.807, 2.05) is 0 Å². The minimum Gasteiger partial charge on any atom is -0.454 e. The average molecular weight is 176 g/mol. The highest BCUT2D eigenvalue weighted by Gasteiger charge is 2.23. The van der Waals surface area contributed by atoms with Crippen LogP contribution >= 0.6 is 0 Å². The zero-order valence-electron chi connectivity index (χ0n) is 7.67. The van der Waals surface area contributed by atoms with Crippen molar-refractivity contribution < 1.29 is 9.47 Å². The van der Waals surface area contributed by atoms with E-state index in [2.05, 4.69) is 19.1 Å². The summed E-state index contributed by atoms with van der Waals surface area (Å²) in [5.41, 5.74) is 2.88. The van der Waals surface area contributed by atoms with Gasteiger partial charge < -0.3 is 9.47 Å². The third kappa shape index (κ3) is 1.01. The zero-order chi connectivity index (χ0) is 8.84. The number of rotatable bonds is 0. The van der Waals surface area contributed by atoms with Gasteiger partial charge in [0.1, 0.15) is 0 Å². The number of benzene rings is 1. The molecular formula is C11H12O2. The van der Waals surface area contributed by atoms with Crippen LogP contribution in [0.3, 0.4) is 0 Å². The van der Waals surface area contributed by atoms with Crippen molar-refractivity contribution in [1.29, 1.82) is 0 Å². The largest absolute Gasteiger partial charge is 0.454 e. The fourth-order valence-corrected chi connectivity index (χ4v) is 2.23. The molecule has 0 aromatic heterocycles. The molecule has 0 amide bonds. The molecule has 2 nitrogen and oxygen atoms in total. The summed E-state index contributed by atoms with van der Waals surface area (Å²) >= 11 is 0. The summed E-state index contributed by atoms with van der Waals surface area (Å²) in [5, 5.41) is 0. The van der Waals surface area contributed by atoms with E-state index in [0.29, 0.717) is 6.79 Å². The first-order valence-corrected chi connectivity index (χ1v) is 4.74. The van der Waals surface area contributed by atoms with E-state index in [1.54, 1.807) is 0 Å². The van der Waals surface area contributed by atoms with Crippen LogP contribution in [0.4, 0.5) is 0 Å². The molecule has 3 rings (SSSR count). The molecule has 0 unspecified atom stereocenters.